The summed E-state index contributed by atoms with van der Waals surface area (Å²) in [7, 11) is 3.07. The largest absolute Gasteiger partial charge is 0.497 e. The number of ether oxygens (including phenoxy) is 3. The van der Waals surface area contributed by atoms with Crippen LogP contribution >= 0.6 is 0 Å². The molecule has 0 radical (unpaired) electrons. The van der Waals surface area contributed by atoms with Crippen LogP contribution in [0.25, 0.3) is 0 Å². The minimum Gasteiger partial charge on any atom is -0.497 e. The predicted molar refractivity (Wildman–Crippen MR) is 104 cm³/mol. The maximum absolute atomic E-state index is 12.7. The van der Waals surface area contributed by atoms with E-state index in [1.165, 1.54) is 7.11 Å². The van der Waals surface area contributed by atoms with Crippen LogP contribution < -0.4 is 19.7 Å². The van der Waals surface area contributed by atoms with E-state index in [1.54, 1.807) is 48.4 Å². The van der Waals surface area contributed by atoms with Gasteiger partial charge in [-0.2, -0.15) is 0 Å². The molecule has 150 valence electrons. The number of fused-ring (bicyclic) bond motifs is 1. The third-order valence-corrected chi connectivity index (χ3v) is 5.12. The van der Waals surface area contributed by atoms with Crippen LogP contribution in [0.15, 0.2) is 36.4 Å². The fraction of sp³-hybridized carbons (Fsp3) is 0.286. The molecule has 1 saturated heterocycles. The smallest absolute Gasteiger partial charge is 0.338 e. The summed E-state index contributed by atoms with van der Waals surface area (Å²) in [5.74, 6) is -0.142. The molecule has 29 heavy (non-hydrogen) atoms. The van der Waals surface area contributed by atoms with Crippen molar-refractivity contribution in [2.24, 2.45) is 5.92 Å². The van der Waals surface area contributed by atoms with Gasteiger partial charge in [0, 0.05) is 30.3 Å². The number of amides is 2. The van der Waals surface area contributed by atoms with Crippen molar-refractivity contribution in [2.75, 3.05) is 31.0 Å². The van der Waals surface area contributed by atoms with Crippen LogP contribution in [0.4, 0.5) is 11.4 Å². The molecule has 0 aliphatic carbocycles. The third-order valence-electron chi connectivity index (χ3n) is 5.12. The standard InChI is InChI=1S/C21H20N2O6/c1-27-15-4-6-17(18(9-15)28-2)23-10-12(8-19(23)24)20(25)22-14-3-5-16-13(7-14)11-29-21(16)26/h3-7,9,12H,8,10-11H2,1-2H3,(H,22,25). The van der Waals surface area contributed by atoms with E-state index in [0.29, 0.717) is 28.4 Å². The number of nitrogens with one attached hydrogen (secondary N) is 1. The molecule has 0 bridgehead atoms. The highest BCUT2D eigenvalue weighted by molar-refractivity contribution is 6.04. The Morgan fingerprint density at radius 3 is 2.72 bits per heavy atom. The number of carbonyl (C=O) groups excluding carboxylic acids is 3. The molecule has 1 unspecified atom stereocenters. The summed E-state index contributed by atoms with van der Waals surface area (Å²) in [6, 6.07) is 10.2. The molecule has 2 amide bonds. The highest BCUT2D eigenvalue weighted by Crippen LogP contribution is 2.36. The summed E-state index contributed by atoms with van der Waals surface area (Å²) in [5.41, 5.74) is 2.42. The van der Waals surface area contributed by atoms with E-state index >= 15 is 0 Å². The van der Waals surface area contributed by atoms with Gasteiger partial charge in [0.2, 0.25) is 11.8 Å². The van der Waals surface area contributed by atoms with Crippen molar-refractivity contribution in [1.82, 2.24) is 0 Å². The zero-order valence-corrected chi connectivity index (χ0v) is 16.1. The molecule has 1 atom stereocenters. The Bertz CT molecular complexity index is 1000. The van der Waals surface area contributed by atoms with E-state index in [1.807, 2.05) is 0 Å². The molecule has 0 aromatic heterocycles. The summed E-state index contributed by atoms with van der Waals surface area (Å²) in [5, 5.41) is 2.83. The van der Waals surface area contributed by atoms with E-state index in [-0.39, 0.29) is 37.4 Å². The second-order valence-electron chi connectivity index (χ2n) is 6.88. The van der Waals surface area contributed by atoms with Gasteiger partial charge in [0.05, 0.1) is 31.4 Å². The van der Waals surface area contributed by atoms with Gasteiger partial charge in [-0.15, -0.1) is 0 Å². The lowest BCUT2D eigenvalue weighted by Crippen LogP contribution is -2.28. The van der Waals surface area contributed by atoms with Crippen LogP contribution in [-0.2, 0) is 20.9 Å². The maximum atomic E-state index is 12.7. The first kappa shape index (κ1) is 18.8. The summed E-state index contributed by atoms with van der Waals surface area (Å²) in [4.78, 5) is 38.4. The lowest BCUT2D eigenvalue weighted by Gasteiger charge is -2.20. The number of nitrogens with zero attached hydrogens (tertiary/aromatic N) is 1. The van der Waals surface area contributed by atoms with E-state index in [2.05, 4.69) is 5.32 Å². The van der Waals surface area contributed by atoms with Crippen LogP contribution in [0.5, 0.6) is 11.5 Å². The molecule has 2 aromatic carbocycles. The molecular weight excluding hydrogens is 376 g/mol. The average molecular weight is 396 g/mol. The summed E-state index contributed by atoms with van der Waals surface area (Å²) in [6.07, 6.45) is 0.105. The predicted octanol–water partition coefficient (Wildman–Crippen LogP) is 2.37. The molecule has 8 nitrogen and oxygen atoms in total. The number of benzene rings is 2. The number of anilines is 2. The highest BCUT2D eigenvalue weighted by atomic mass is 16.5. The van der Waals surface area contributed by atoms with Crippen LogP contribution in [0, 0.1) is 5.92 Å². The van der Waals surface area contributed by atoms with Gasteiger partial charge < -0.3 is 24.4 Å². The van der Waals surface area contributed by atoms with Crippen molar-refractivity contribution in [1.29, 1.82) is 0 Å². The van der Waals surface area contributed by atoms with Crippen molar-refractivity contribution in [2.45, 2.75) is 13.0 Å². The molecule has 1 fully saturated rings. The molecule has 4 rings (SSSR count). The Morgan fingerprint density at radius 2 is 1.97 bits per heavy atom. The SMILES string of the molecule is COc1ccc(N2CC(C(=O)Nc3ccc4c(c3)COC4=O)CC2=O)c(OC)c1. The number of methoxy groups -OCH3 is 2. The van der Waals surface area contributed by atoms with E-state index < -0.39 is 5.92 Å². The highest BCUT2D eigenvalue weighted by Gasteiger charge is 2.36. The summed E-state index contributed by atoms with van der Waals surface area (Å²) >= 11 is 0. The molecule has 2 aromatic rings. The zero-order chi connectivity index (χ0) is 20.5. The Hall–Kier alpha value is -3.55. The van der Waals surface area contributed by atoms with E-state index in [9.17, 15) is 14.4 Å². The van der Waals surface area contributed by atoms with Crippen LogP contribution in [0.1, 0.15) is 22.3 Å². The first-order valence-electron chi connectivity index (χ1n) is 9.13. The van der Waals surface area contributed by atoms with Gasteiger partial charge in [0.1, 0.15) is 18.1 Å². The second kappa shape index (κ2) is 7.46. The van der Waals surface area contributed by atoms with Crippen molar-refractivity contribution in [3.05, 3.63) is 47.5 Å². The quantitative estimate of drug-likeness (QED) is 0.780. The molecule has 2 heterocycles. The number of hydrogen-bond acceptors (Lipinski definition) is 6. The molecule has 8 heteroatoms. The summed E-state index contributed by atoms with van der Waals surface area (Å²) < 4.78 is 15.5. The van der Waals surface area contributed by atoms with Gasteiger partial charge in [-0.1, -0.05) is 0 Å². The first-order valence-corrected chi connectivity index (χ1v) is 9.13. The fourth-order valence-electron chi connectivity index (χ4n) is 3.58. The van der Waals surface area contributed by atoms with Crippen LogP contribution in [0.3, 0.4) is 0 Å². The van der Waals surface area contributed by atoms with Gasteiger partial charge in [-0.3, -0.25) is 9.59 Å². The first-order chi connectivity index (χ1) is 14.0. The Kier molecular flexibility index (Phi) is 4.84. The van der Waals surface area contributed by atoms with Crippen molar-refractivity contribution < 1.29 is 28.6 Å². The van der Waals surface area contributed by atoms with Crippen LogP contribution in [0.2, 0.25) is 0 Å². The number of cyclic esters (lactones) is 1. The van der Waals surface area contributed by atoms with E-state index in [0.717, 1.165) is 5.56 Å². The Morgan fingerprint density at radius 1 is 1.14 bits per heavy atom. The van der Waals surface area contributed by atoms with E-state index in [4.69, 9.17) is 14.2 Å². The van der Waals surface area contributed by atoms with Crippen molar-refractivity contribution in [3.63, 3.8) is 0 Å². The molecular formula is C21H20N2O6. The Balaban J connectivity index is 1.48. The minimum atomic E-state index is -0.500. The van der Waals surface area contributed by atoms with Crippen molar-refractivity contribution in [3.8, 4) is 11.5 Å². The Labute approximate surface area is 167 Å². The number of hydrogen-bond donors (Lipinski definition) is 1. The average Bonchev–Trinajstić information content (AvgIpc) is 3.30. The number of carbonyl (C=O) groups is 3. The van der Waals surface area contributed by atoms with Gasteiger partial charge in [-0.05, 0) is 30.3 Å². The maximum Gasteiger partial charge on any atom is 0.338 e. The second-order valence-corrected chi connectivity index (χ2v) is 6.88. The monoisotopic (exact) mass is 396 g/mol. The number of esters is 1. The minimum absolute atomic E-state index is 0.105. The molecule has 2 aliphatic rings. The zero-order valence-electron chi connectivity index (χ0n) is 16.1. The lowest BCUT2D eigenvalue weighted by molar-refractivity contribution is -0.122. The molecule has 2 aliphatic heterocycles. The molecule has 0 saturated carbocycles. The number of rotatable bonds is 5. The lowest BCUT2D eigenvalue weighted by atomic mass is 10.1. The molecule has 1 N–H and O–H groups in total. The van der Waals surface area contributed by atoms with Gasteiger partial charge in [0.15, 0.2) is 0 Å². The van der Waals surface area contributed by atoms with Crippen molar-refractivity contribution >= 4 is 29.2 Å². The third kappa shape index (κ3) is 3.49. The van der Waals surface area contributed by atoms with Crippen LogP contribution in [-0.4, -0.2) is 38.5 Å². The molecule has 0 spiro atoms. The van der Waals surface area contributed by atoms with Gasteiger partial charge >= 0.3 is 5.97 Å². The van der Waals surface area contributed by atoms with Gasteiger partial charge in [0.25, 0.3) is 0 Å². The normalized spacial score (nSPS) is 17.7. The summed E-state index contributed by atoms with van der Waals surface area (Å²) in [6.45, 7) is 0.449. The topological polar surface area (TPSA) is 94.2 Å². The fourth-order valence-corrected chi connectivity index (χ4v) is 3.58. The van der Waals surface area contributed by atoms with Gasteiger partial charge in [-0.25, -0.2) is 4.79 Å².